The molecule has 0 aliphatic carbocycles. The molecule has 0 radical (unpaired) electrons. The maximum atomic E-state index is 6.38. The van der Waals surface area contributed by atoms with Crippen LogP contribution in [-0.4, -0.2) is 8.32 Å². The summed E-state index contributed by atoms with van der Waals surface area (Å²) < 4.78 is 6.38. The lowest BCUT2D eigenvalue weighted by Gasteiger charge is -2.18. The van der Waals surface area contributed by atoms with Crippen LogP contribution in [0.1, 0.15) is 22.8 Å². The van der Waals surface area contributed by atoms with E-state index >= 15 is 0 Å². The zero-order chi connectivity index (χ0) is 12.8. The first-order valence-electron chi connectivity index (χ1n) is 6.42. The Morgan fingerprint density at radius 1 is 0.944 bits per heavy atom. The van der Waals surface area contributed by atoms with Gasteiger partial charge in [-0.2, -0.15) is 0 Å². The number of rotatable bonds is 1. The number of hydrogen-bond donors (Lipinski definition) is 0. The van der Waals surface area contributed by atoms with Gasteiger partial charge in [-0.05, 0) is 36.3 Å². The average Bonchev–Trinajstić information content (AvgIpc) is 2.63. The van der Waals surface area contributed by atoms with Crippen LogP contribution in [-0.2, 0) is 4.43 Å². The van der Waals surface area contributed by atoms with E-state index in [1.807, 2.05) is 0 Å². The Bertz CT molecular complexity index is 572. The van der Waals surface area contributed by atoms with Crippen LogP contribution in [0.3, 0.4) is 0 Å². The first-order valence-corrected chi connectivity index (χ1v) is 9.32. The summed E-state index contributed by atoms with van der Waals surface area (Å²) in [6.45, 7) is 6.67. The minimum absolute atomic E-state index is 0.128. The van der Waals surface area contributed by atoms with E-state index in [1.165, 1.54) is 21.9 Å². The normalized spacial score (nSPS) is 20.7. The quantitative estimate of drug-likeness (QED) is 0.707. The molecule has 2 aromatic rings. The maximum Gasteiger partial charge on any atom is 0.219 e. The molecule has 0 spiro atoms. The first-order chi connectivity index (χ1) is 8.58. The lowest BCUT2D eigenvalue weighted by molar-refractivity contribution is 0.259. The largest absolute Gasteiger partial charge is 0.402 e. The molecule has 0 amide bonds. The van der Waals surface area contributed by atoms with Gasteiger partial charge in [0.2, 0.25) is 8.32 Å². The van der Waals surface area contributed by atoms with Gasteiger partial charge in [0.05, 0.1) is 6.10 Å². The monoisotopic (exact) mass is 254 g/mol. The molecule has 0 fully saturated rings. The van der Waals surface area contributed by atoms with Gasteiger partial charge < -0.3 is 4.43 Å². The van der Waals surface area contributed by atoms with E-state index in [0.29, 0.717) is 0 Å². The van der Waals surface area contributed by atoms with E-state index in [-0.39, 0.29) is 6.10 Å². The van der Waals surface area contributed by atoms with Crippen LogP contribution in [0.25, 0.3) is 0 Å². The molecule has 0 bridgehead atoms. The van der Waals surface area contributed by atoms with Crippen LogP contribution in [0.15, 0.2) is 48.5 Å². The summed E-state index contributed by atoms with van der Waals surface area (Å²) in [7, 11) is -1.72. The van der Waals surface area contributed by atoms with Crippen molar-refractivity contribution in [3.05, 3.63) is 65.2 Å². The van der Waals surface area contributed by atoms with E-state index in [0.717, 1.165) is 0 Å². The van der Waals surface area contributed by atoms with Crippen LogP contribution in [0.4, 0.5) is 0 Å². The zero-order valence-electron chi connectivity index (χ0n) is 11.1. The summed E-state index contributed by atoms with van der Waals surface area (Å²) in [6.07, 6.45) is 0.128. The Hall–Kier alpha value is -1.38. The predicted octanol–water partition coefficient (Wildman–Crippen LogP) is 3.53. The van der Waals surface area contributed by atoms with Gasteiger partial charge in [0.1, 0.15) is 0 Å². The molecule has 1 aliphatic heterocycles. The summed E-state index contributed by atoms with van der Waals surface area (Å²) >= 11 is 0. The maximum absolute atomic E-state index is 6.38. The molecular weight excluding hydrogens is 236 g/mol. The van der Waals surface area contributed by atoms with Crippen molar-refractivity contribution in [1.82, 2.24) is 0 Å². The second kappa shape index (κ2) is 4.07. The van der Waals surface area contributed by atoms with Crippen molar-refractivity contribution in [2.45, 2.75) is 26.1 Å². The third-order valence-electron chi connectivity index (χ3n) is 3.68. The SMILES string of the molecule is Cc1ccc(C2O[Si](C)(C)c3ccccc32)cc1. The third-order valence-corrected chi connectivity index (χ3v) is 6.26. The predicted molar refractivity (Wildman–Crippen MR) is 77.7 cm³/mol. The van der Waals surface area contributed by atoms with Crippen LogP contribution in [0, 0.1) is 6.92 Å². The molecule has 1 heterocycles. The van der Waals surface area contributed by atoms with Gasteiger partial charge in [-0.15, -0.1) is 0 Å². The number of benzene rings is 2. The minimum atomic E-state index is -1.72. The van der Waals surface area contributed by atoms with Crippen molar-refractivity contribution < 1.29 is 4.43 Å². The van der Waals surface area contributed by atoms with Crippen LogP contribution >= 0.6 is 0 Å². The van der Waals surface area contributed by atoms with Gasteiger partial charge in [-0.3, -0.25) is 0 Å². The molecule has 2 aromatic carbocycles. The van der Waals surface area contributed by atoms with E-state index in [1.54, 1.807) is 0 Å². The van der Waals surface area contributed by atoms with E-state index in [4.69, 9.17) is 4.43 Å². The molecule has 0 aromatic heterocycles. The van der Waals surface area contributed by atoms with Gasteiger partial charge in [-0.25, -0.2) is 0 Å². The smallest absolute Gasteiger partial charge is 0.219 e. The molecular formula is C16H18OSi. The summed E-state index contributed by atoms with van der Waals surface area (Å²) in [4.78, 5) is 0. The number of hydrogen-bond acceptors (Lipinski definition) is 1. The zero-order valence-corrected chi connectivity index (χ0v) is 12.1. The molecule has 0 saturated heterocycles. The van der Waals surface area contributed by atoms with Crippen molar-refractivity contribution in [2.24, 2.45) is 0 Å². The molecule has 1 aliphatic rings. The lowest BCUT2D eigenvalue weighted by atomic mass is 10.0. The van der Waals surface area contributed by atoms with Gasteiger partial charge >= 0.3 is 0 Å². The highest BCUT2D eigenvalue weighted by Crippen LogP contribution is 2.35. The molecule has 0 N–H and O–H groups in total. The molecule has 1 unspecified atom stereocenters. The molecule has 0 saturated carbocycles. The standard InChI is InChI=1S/C16H18OSi/c1-12-8-10-13(11-9-12)16-14-6-4-5-7-15(14)18(2,3)17-16/h4-11,16H,1-3H3. The fourth-order valence-electron chi connectivity index (χ4n) is 2.68. The fraction of sp³-hybridized carbons (Fsp3) is 0.250. The first kappa shape index (κ1) is 11.7. The highest BCUT2D eigenvalue weighted by Gasteiger charge is 2.40. The van der Waals surface area contributed by atoms with Crippen molar-refractivity contribution >= 4 is 13.5 Å². The van der Waals surface area contributed by atoms with E-state index in [9.17, 15) is 0 Å². The molecule has 3 rings (SSSR count). The minimum Gasteiger partial charge on any atom is -0.402 e. The van der Waals surface area contributed by atoms with E-state index in [2.05, 4.69) is 68.5 Å². The lowest BCUT2D eigenvalue weighted by Crippen LogP contribution is -2.39. The Labute approximate surface area is 110 Å². The third kappa shape index (κ3) is 1.82. The Kier molecular flexibility index (Phi) is 2.65. The molecule has 92 valence electrons. The van der Waals surface area contributed by atoms with Crippen molar-refractivity contribution in [3.63, 3.8) is 0 Å². The molecule has 2 heteroatoms. The highest BCUT2D eigenvalue weighted by atomic mass is 28.4. The summed E-state index contributed by atoms with van der Waals surface area (Å²) in [5, 5.41) is 1.44. The Morgan fingerprint density at radius 3 is 2.33 bits per heavy atom. The topological polar surface area (TPSA) is 9.23 Å². The summed E-state index contributed by atoms with van der Waals surface area (Å²) in [5.74, 6) is 0. The second-order valence-electron chi connectivity index (χ2n) is 5.51. The molecule has 18 heavy (non-hydrogen) atoms. The van der Waals surface area contributed by atoms with Crippen molar-refractivity contribution in [2.75, 3.05) is 0 Å². The highest BCUT2D eigenvalue weighted by molar-refractivity contribution is 6.85. The van der Waals surface area contributed by atoms with Crippen molar-refractivity contribution in [3.8, 4) is 0 Å². The second-order valence-corrected chi connectivity index (χ2v) is 9.30. The van der Waals surface area contributed by atoms with Gasteiger partial charge in [0.25, 0.3) is 0 Å². The van der Waals surface area contributed by atoms with Crippen LogP contribution < -0.4 is 5.19 Å². The van der Waals surface area contributed by atoms with Gasteiger partial charge in [0, 0.05) is 0 Å². The average molecular weight is 254 g/mol. The summed E-state index contributed by atoms with van der Waals surface area (Å²) in [6, 6.07) is 17.4. The van der Waals surface area contributed by atoms with Gasteiger partial charge in [-0.1, -0.05) is 54.1 Å². The number of fused-ring (bicyclic) bond motifs is 1. The van der Waals surface area contributed by atoms with Crippen molar-refractivity contribution in [1.29, 1.82) is 0 Å². The Balaban J connectivity index is 2.08. The van der Waals surface area contributed by atoms with E-state index < -0.39 is 8.32 Å². The van der Waals surface area contributed by atoms with Crippen LogP contribution in [0.5, 0.6) is 0 Å². The Morgan fingerprint density at radius 2 is 1.61 bits per heavy atom. The number of aryl methyl sites for hydroxylation is 1. The molecule has 1 nitrogen and oxygen atoms in total. The summed E-state index contributed by atoms with van der Waals surface area (Å²) in [5.41, 5.74) is 3.92. The van der Waals surface area contributed by atoms with Gasteiger partial charge in [0.15, 0.2) is 0 Å². The molecule has 1 atom stereocenters. The van der Waals surface area contributed by atoms with Crippen LogP contribution in [0.2, 0.25) is 13.1 Å². The fourth-order valence-corrected chi connectivity index (χ4v) is 5.07.